The number of hydrogen-bond acceptors (Lipinski definition) is 4. The van der Waals surface area contributed by atoms with Crippen molar-refractivity contribution in [1.82, 2.24) is 0 Å². The van der Waals surface area contributed by atoms with E-state index in [2.05, 4.69) is 9.78 Å². The van der Waals surface area contributed by atoms with Gasteiger partial charge in [0.25, 0.3) is 0 Å². The fourth-order valence-corrected chi connectivity index (χ4v) is 0.725. The molecule has 0 rings (SSSR count). The molecule has 0 atom stereocenters. The van der Waals surface area contributed by atoms with E-state index < -0.39 is 5.60 Å². The van der Waals surface area contributed by atoms with E-state index in [0.29, 0.717) is 6.42 Å². The molecule has 4 nitrogen and oxygen atoms in total. The molecule has 0 heterocycles. The highest BCUT2D eigenvalue weighted by molar-refractivity contribution is 4.86. The maximum Gasteiger partial charge on any atom is 0.103 e. The Morgan fingerprint density at radius 1 is 1.08 bits per heavy atom. The average molecular weight is 178 g/mol. The Labute approximate surface area is 73.0 Å². The lowest BCUT2D eigenvalue weighted by Gasteiger charge is -2.38. The molecule has 2 N–H and O–H groups in total. The van der Waals surface area contributed by atoms with Gasteiger partial charge in [-0.2, -0.15) is 0 Å². The largest absolute Gasteiger partial charge is 0.252 e. The lowest BCUT2D eigenvalue weighted by molar-refractivity contribution is -0.343. The maximum atomic E-state index is 8.63. The molecule has 0 aliphatic carbocycles. The molecule has 0 bridgehead atoms. The van der Waals surface area contributed by atoms with E-state index in [9.17, 15) is 0 Å². The first-order valence-corrected chi connectivity index (χ1v) is 3.96. The second-order valence-electron chi connectivity index (χ2n) is 4.07. The summed E-state index contributed by atoms with van der Waals surface area (Å²) in [4.78, 5) is 8.34. The van der Waals surface area contributed by atoms with Crippen LogP contribution in [0.1, 0.15) is 34.1 Å². The van der Waals surface area contributed by atoms with Crippen LogP contribution in [-0.2, 0) is 9.78 Å². The third-order valence-electron chi connectivity index (χ3n) is 2.68. The van der Waals surface area contributed by atoms with Gasteiger partial charge in [-0.3, -0.25) is 10.5 Å². The van der Waals surface area contributed by atoms with E-state index in [1.54, 1.807) is 13.8 Å². The smallest absolute Gasteiger partial charge is 0.103 e. The molecule has 12 heavy (non-hydrogen) atoms. The summed E-state index contributed by atoms with van der Waals surface area (Å²) in [5.41, 5.74) is -0.907. The molecule has 0 amide bonds. The van der Waals surface area contributed by atoms with Gasteiger partial charge in [-0.25, -0.2) is 9.78 Å². The molecule has 0 aromatic rings. The van der Waals surface area contributed by atoms with Crippen molar-refractivity contribution in [3.63, 3.8) is 0 Å². The molecule has 0 aliphatic rings. The van der Waals surface area contributed by atoms with Crippen LogP contribution < -0.4 is 0 Å². The van der Waals surface area contributed by atoms with E-state index in [-0.39, 0.29) is 12.0 Å². The molecule has 0 spiro atoms. The van der Waals surface area contributed by atoms with E-state index in [1.165, 1.54) is 0 Å². The SMILES string of the molecule is CC(C)(CCOO)C(C)(C)OO. The Morgan fingerprint density at radius 2 is 1.58 bits per heavy atom. The summed E-state index contributed by atoms with van der Waals surface area (Å²) in [6.45, 7) is 7.67. The second-order valence-corrected chi connectivity index (χ2v) is 4.07. The van der Waals surface area contributed by atoms with Gasteiger partial charge in [0, 0.05) is 0 Å². The van der Waals surface area contributed by atoms with Crippen LogP contribution in [-0.4, -0.2) is 22.7 Å². The highest BCUT2D eigenvalue weighted by atomic mass is 17.1. The molecule has 74 valence electrons. The van der Waals surface area contributed by atoms with Gasteiger partial charge in [-0.05, 0) is 25.7 Å². The average Bonchev–Trinajstić information content (AvgIpc) is 2.00. The lowest BCUT2D eigenvalue weighted by atomic mass is 9.75. The summed E-state index contributed by atoms with van der Waals surface area (Å²) in [7, 11) is 0. The van der Waals surface area contributed by atoms with Crippen LogP contribution >= 0.6 is 0 Å². The van der Waals surface area contributed by atoms with Gasteiger partial charge in [0.1, 0.15) is 5.60 Å². The molecule has 0 saturated carbocycles. The Balaban J connectivity index is 4.17. The summed E-state index contributed by atoms with van der Waals surface area (Å²) in [6.07, 6.45) is 0.608. The molecular weight excluding hydrogens is 160 g/mol. The van der Waals surface area contributed by atoms with Gasteiger partial charge < -0.3 is 0 Å². The molecule has 0 radical (unpaired) electrons. The molecule has 0 aliphatic heterocycles. The van der Waals surface area contributed by atoms with E-state index in [1.807, 2.05) is 13.8 Å². The predicted molar refractivity (Wildman–Crippen MR) is 44.8 cm³/mol. The third kappa shape index (κ3) is 2.71. The van der Waals surface area contributed by atoms with Crippen LogP contribution in [0.25, 0.3) is 0 Å². The Kier molecular flexibility index (Phi) is 4.13. The highest BCUT2D eigenvalue weighted by Crippen LogP contribution is 2.36. The van der Waals surface area contributed by atoms with Gasteiger partial charge >= 0.3 is 0 Å². The quantitative estimate of drug-likeness (QED) is 0.500. The van der Waals surface area contributed by atoms with E-state index in [4.69, 9.17) is 10.5 Å². The van der Waals surface area contributed by atoms with Crippen LogP contribution in [0.4, 0.5) is 0 Å². The van der Waals surface area contributed by atoms with Crippen molar-refractivity contribution >= 4 is 0 Å². The first-order valence-electron chi connectivity index (χ1n) is 3.96. The van der Waals surface area contributed by atoms with Crippen molar-refractivity contribution in [3.05, 3.63) is 0 Å². The number of rotatable bonds is 5. The van der Waals surface area contributed by atoms with Gasteiger partial charge in [0.05, 0.1) is 6.61 Å². The van der Waals surface area contributed by atoms with Crippen molar-refractivity contribution in [2.75, 3.05) is 6.61 Å². The van der Waals surface area contributed by atoms with Crippen LogP contribution in [0.3, 0.4) is 0 Å². The monoisotopic (exact) mass is 178 g/mol. The summed E-state index contributed by atoms with van der Waals surface area (Å²) >= 11 is 0. The molecule has 0 aromatic carbocycles. The zero-order valence-corrected chi connectivity index (χ0v) is 8.13. The maximum absolute atomic E-state index is 8.63. The third-order valence-corrected chi connectivity index (χ3v) is 2.68. The zero-order chi connectivity index (χ0) is 9.83. The molecule has 0 saturated heterocycles. The second kappa shape index (κ2) is 4.18. The predicted octanol–water partition coefficient (Wildman–Crippen LogP) is 2.16. The fourth-order valence-electron chi connectivity index (χ4n) is 0.725. The minimum absolute atomic E-state index is 0.236. The zero-order valence-electron chi connectivity index (χ0n) is 8.13. The van der Waals surface area contributed by atoms with Crippen molar-refractivity contribution in [2.24, 2.45) is 5.41 Å². The Bertz CT molecular complexity index is 131. The number of hydrogen-bond donors (Lipinski definition) is 2. The van der Waals surface area contributed by atoms with E-state index >= 15 is 0 Å². The van der Waals surface area contributed by atoms with Gasteiger partial charge in [0.2, 0.25) is 0 Å². The fraction of sp³-hybridized carbons (Fsp3) is 1.00. The first-order chi connectivity index (χ1) is 5.37. The van der Waals surface area contributed by atoms with Gasteiger partial charge in [0.15, 0.2) is 0 Å². The highest BCUT2D eigenvalue weighted by Gasteiger charge is 2.38. The van der Waals surface area contributed by atoms with Crippen LogP contribution in [0.15, 0.2) is 0 Å². The standard InChI is InChI=1S/C8H18O4/c1-7(2,5-6-11-9)8(3,4)12-10/h9-10H,5-6H2,1-4H3. The van der Waals surface area contributed by atoms with Gasteiger partial charge in [-0.1, -0.05) is 13.8 Å². The lowest BCUT2D eigenvalue weighted by Crippen LogP contribution is -2.41. The Hall–Kier alpha value is -0.160. The topological polar surface area (TPSA) is 58.9 Å². The molecule has 4 heteroatoms. The molecule has 0 fully saturated rings. The molecule has 0 aromatic heterocycles. The summed E-state index contributed by atoms with van der Waals surface area (Å²) < 4.78 is 0. The van der Waals surface area contributed by atoms with Crippen molar-refractivity contribution in [3.8, 4) is 0 Å². The van der Waals surface area contributed by atoms with Crippen molar-refractivity contribution in [2.45, 2.75) is 39.7 Å². The normalized spacial score (nSPS) is 13.5. The molecule has 0 unspecified atom stereocenters. The van der Waals surface area contributed by atoms with Crippen LogP contribution in [0.2, 0.25) is 0 Å². The van der Waals surface area contributed by atoms with Crippen LogP contribution in [0, 0.1) is 5.41 Å². The summed E-state index contributed by atoms with van der Waals surface area (Å²) in [5.74, 6) is 0. The van der Waals surface area contributed by atoms with Crippen molar-refractivity contribution < 1.29 is 20.3 Å². The minimum atomic E-state index is -0.647. The molecular formula is C8H18O4. The summed E-state index contributed by atoms with van der Waals surface area (Å²) in [5, 5.41) is 16.8. The van der Waals surface area contributed by atoms with Crippen molar-refractivity contribution in [1.29, 1.82) is 0 Å². The minimum Gasteiger partial charge on any atom is -0.252 e. The Morgan fingerprint density at radius 3 is 1.92 bits per heavy atom. The first kappa shape index (κ1) is 11.8. The van der Waals surface area contributed by atoms with E-state index in [0.717, 1.165) is 0 Å². The van der Waals surface area contributed by atoms with Gasteiger partial charge in [-0.15, -0.1) is 0 Å². The van der Waals surface area contributed by atoms with Crippen LogP contribution in [0.5, 0.6) is 0 Å². The summed E-state index contributed by atoms with van der Waals surface area (Å²) in [6, 6.07) is 0.